The highest BCUT2D eigenvalue weighted by atomic mass is 19.4. The molecule has 21 heavy (non-hydrogen) atoms. The van der Waals surface area contributed by atoms with Crippen LogP contribution < -0.4 is 10.1 Å². The first-order valence-electron chi connectivity index (χ1n) is 5.87. The topological polar surface area (TPSA) is 57.9 Å². The zero-order valence-electron chi connectivity index (χ0n) is 10.9. The van der Waals surface area contributed by atoms with Gasteiger partial charge >= 0.3 is 6.36 Å². The predicted molar refractivity (Wildman–Crippen MR) is 70.1 cm³/mol. The largest absolute Gasteiger partial charge is 0.573 e. The zero-order valence-corrected chi connectivity index (χ0v) is 10.9. The quantitative estimate of drug-likeness (QED) is 0.932. The summed E-state index contributed by atoms with van der Waals surface area (Å²) in [5, 5.41) is 11.9. The van der Waals surface area contributed by atoms with Gasteiger partial charge in [-0.05, 0) is 30.7 Å². The molecule has 1 N–H and O–H groups in total. The Morgan fingerprint density at radius 1 is 1.29 bits per heavy atom. The maximum Gasteiger partial charge on any atom is 0.573 e. The SMILES string of the molecule is Cc1ccnc(Nc2cccc(OC(F)(F)F)c2)c1C#N. The number of pyridine rings is 1. The molecule has 0 radical (unpaired) electrons. The van der Waals surface area contributed by atoms with Crippen molar-refractivity contribution in [3.63, 3.8) is 0 Å². The summed E-state index contributed by atoms with van der Waals surface area (Å²) in [4.78, 5) is 4.01. The number of nitriles is 1. The first kappa shape index (κ1) is 14.7. The van der Waals surface area contributed by atoms with Crippen LogP contribution in [0.1, 0.15) is 11.1 Å². The third kappa shape index (κ3) is 3.86. The Balaban J connectivity index is 2.27. The van der Waals surface area contributed by atoms with E-state index in [4.69, 9.17) is 5.26 Å². The Morgan fingerprint density at radius 2 is 2.05 bits per heavy atom. The summed E-state index contributed by atoms with van der Waals surface area (Å²) in [6.07, 6.45) is -3.24. The number of nitrogens with zero attached hydrogens (tertiary/aromatic N) is 2. The van der Waals surface area contributed by atoms with Crippen LogP contribution in [0.3, 0.4) is 0 Å². The number of hydrogen-bond acceptors (Lipinski definition) is 4. The molecule has 0 amide bonds. The second-order valence-electron chi connectivity index (χ2n) is 4.16. The van der Waals surface area contributed by atoms with Crippen LogP contribution in [0.15, 0.2) is 36.5 Å². The molecular weight excluding hydrogens is 283 g/mol. The Labute approximate surface area is 118 Å². The Kier molecular flexibility index (Phi) is 3.98. The lowest BCUT2D eigenvalue weighted by atomic mass is 10.1. The van der Waals surface area contributed by atoms with E-state index in [-0.39, 0.29) is 11.6 Å². The predicted octanol–water partition coefficient (Wildman–Crippen LogP) is 3.90. The molecule has 0 unspecified atom stereocenters. The molecule has 1 aromatic carbocycles. The van der Waals surface area contributed by atoms with Crippen molar-refractivity contribution in [2.24, 2.45) is 0 Å². The molecule has 1 aromatic heterocycles. The van der Waals surface area contributed by atoms with Gasteiger partial charge in [0.25, 0.3) is 0 Å². The molecule has 0 aliphatic heterocycles. The standard InChI is InChI=1S/C14H10F3N3O/c1-9-5-6-19-13(12(9)8-18)20-10-3-2-4-11(7-10)21-14(15,16)17/h2-7H,1H3,(H,19,20). The minimum atomic E-state index is -4.75. The molecule has 2 aromatic rings. The van der Waals surface area contributed by atoms with Crippen LogP contribution in [-0.2, 0) is 0 Å². The minimum absolute atomic E-state index is 0.279. The van der Waals surface area contributed by atoms with Crippen LogP contribution >= 0.6 is 0 Å². The molecule has 2 rings (SSSR count). The summed E-state index contributed by atoms with van der Waals surface area (Å²) in [7, 11) is 0. The highest BCUT2D eigenvalue weighted by Crippen LogP contribution is 2.27. The fourth-order valence-electron chi connectivity index (χ4n) is 1.70. The van der Waals surface area contributed by atoms with Crippen molar-refractivity contribution in [1.82, 2.24) is 4.98 Å². The van der Waals surface area contributed by atoms with E-state index in [2.05, 4.69) is 15.0 Å². The lowest BCUT2D eigenvalue weighted by molar-refractivity contribution is -0.274. The summed E-state index contributed by atoms with van der Waals surface area (Å²) >= 11 is 0. The average molecular weight is 293 g/mol. The molecule has 0 aliphatic rings. The van der Waals surface area contributed by atoms with E-state index < -0.39 is 6.36 Å². The van der Waals surface area contributed by atoms with Crippen molar-refractivity contribution in [3.05, 3.63) is 47.7 Å². The van der Waals surface area contributed by atoms with Gasteiger partial charge in [0.1, 0.15) is 17.6 Å². The van der Waals surface area contributed by atoms with Crippen molar-refractivity contribution in [3.8, 4) is 11.8 Å². The molecule has 0 spiro atoms. The number of rotatable bonds is 3. The van der Waals surface area contributed by atoms with Gasteiger partial charge in [0, 0.05) is 18.0 Å². The fraction of sp³-hybridized carbons (Fsp3) is 0.143. The second-order valence-corrected chi connectivity index (χ2v) is 4.16. The summed E-state index contributed by atoms with van der Waals surface area (Å²) in [5.41, 5.74) is 1.39. The normalized spacial score (nSPS) is 10.8. The van der Waals surface area contributed by atoms with Crippen LogP contribution in [0.25, 0.3) is 0 Å². The Hall–Kier alpha value is -2.75. The molecule has 0 aliphatic carbocycles. The van der Waals surface area contributed by atoms with Crippen molar-refractivity contribution in [2.45, 2.75) is 13.3 Å². The van der Waals surface area contributed by atoms with Crippen LogP contribution in [0.2, 0.25) is 0 Å². The van der Waals surface area contributed by atoms with E-state index in [0.29, 0.717) is 11.3 Å². The number of aryl methyl sites for hydroxylation is 1. The first-order chi connectivity index (χ1) is 9.89. The highest BCUT2D eigenvalue weighted by molar-refractivity contribution is 5.65. The van der Waals surface area contributed by atoms with Gasteiger partial charge in [-0.3, -0.25) is 0 Å². The van der Waals surface area contributed by atoms with Crippen LogP contribution in [-0.4, -0.2) is 11.3 Å². The Bertz CT molecular complexity index is 693. The molecule has 1 heterocycles. The van der Waals surface area contributed by atoms with E-state index >= 15 is 0 Å². The van der Waals surface area contributed by atoms with Crippen LogP contribution in [0, 0.1) is 18.3 Å². The first-order valence-corrected chi connectivity index (χ1v) is 5.87. The number of nitrogens with one attached hydrogen (secondary N) is 1. The van der Waals surface area contributed by atoms with Gasteiger partial charge < -0.3 is 10.1 Å². The summed E-state index contributed by atoms with van der Waals surface area (Å²) in [6.45, 7) is 1.74. The lowest BCUT2D eigenvalue weighted by Crippen LogP contribution is -2.17. The van der Waals surface area contributed by atoms with Crippen molar-refractivity contribution >= 4 is 11.5 Å². The van der Waals surface area contributed by atoms with Gasteiger partial charge in [0.2, 0.25) is 0 Å². The Morgan fingerprint density at radius 3 is 2.71 bits per heavy atom. The molecular formula is C14H10F3N3O. The smallest absolute Gasteiger partial charge is 0.406 e. The molecule has 0 fully saturated rings. The van der Waals surface area contributed by atoms with Gasteiger partial charge in [-0.25, -0.2) is 4.98 Å². The highest BCUT2D eigenvalue weighted by Gasteiger charge is 2.31. The second kappa shape index (κ2) is 5.71. The maximum atomic E-state index is 12.2. The maximum absolute atomic E-state index is 12.2. The van der Waals surface area contributed by atoms with Gasteiger partial charge in [0.15, 0.2) is 0 Å². The molecule has 0 saturated carbocycles. The van der Waals surface area contributed by atoms with Crippen LogP contribution in [0.5, 0.6) is 5.75 Å². The van der Waals surface area contributed by atoms with Crippen molar-refractivity contribution in [1.29, 1.82) is 5.26 Å². The molecule has 0 atom stereocenters. The lowest BCUT2D eigenvalue weighted by Gasteiger charge is -2.12. The van der Waals surface area contributed by atoms with Crippen molar-refractivity contribution < 1.29 is 17.9 Å². The monoisotopic (exact) mass is 293 g/mol. The molecule has 108 valence electrons. The third-order valence-electron chi connectivity index (χ3n) is 2.60. The molecule has 4 nitrogen and oxygen atoms in total. The van der Waals surface area contributed by atoms with Gasteiger partial charge in [0.05, 0.1) is 5.56 Å². The number of ether oxygens (including phenoxy) is 1. The average Bonchev–Trinajstić information content (AvgIpc) is 2.37. The van der Waals surface area contributed by atoms with Gasteiger partial charge in [-0.1, -0.05) is 6.07 Å². The minimum Gasteiger partial charge on any atom is -0.406 e. The molecule has 0 saturated heterocycles. The summed E-state index contributed by atoms with van der Waals surface area (Å²) < 4.78 is 40.4. The van der Waals surface area contributed by atoms with Crippen molar-refractivity contribution in [2.75, 3.05) is 5.32 Å². The number of aromatic nitrogens is 1. The fourth-order valence-corrected chi connectivity index (χ4v) is 1.70. The van der Waals surface area contributed by atoms with E-state index in [9.17, 15) is 13.2 Å². The van der Waals surface area contributed by atoms with E-state index in [1.807, 2.05) is 6.07 Å². The third-order valence-corrected chi connectivity index (χ3v) is 2.60. The van der Waals surface area contributed by atoms with Gasteiger partial charge in [-0.15, -0.1) is 13.2 Å². The number of halogens is 3. The van der Waals surface area contributed by atoms with E-state index in [0.717, 1.165) is 5.56 Å². The van der Waals surface area contributed by atoms with Gasteiger partial charge in [-0.2, -0.15) is 5.26 Å². The number of benzene rings is 1. The molecule has 7 heteroatoms. The zero-order chi connectivity index (χ0) is 15.5. The summed E-state index contributed by atoms with van der Waals surface area (Å²) in [6, 6.07) is 9.00. The van der Waals surface area contributed by atoms with Crippen LogP contribution in [0.4, 0.5) is 24.7 Å². The number of alkyl halides is 3. The molecule has 0 bridgehead atoms. The van der Waals surface area contributed by atoms with E-state index in [1.165, 1.54) is 24.4 Å². The van der Waals surface area contributed by atoms with E-state index in [1.54, 1.807) is 19.1 Å². The number of hydrogen-bond donors (Lipinski definition) is 1. The number of anilines is 2. The summed E-state index contributed by atoms with van der Waals surface area (Å²) in [5.74, 6) is -0.0691.